The molecule has 0 N–H and O–H groups in total. The summed E-state index contributed by atoms with van der Waals surface area (Å²) in [5.74, 6) is 2.28. The number of ether oxygens (including phenoxy) is 6. The number of methoxy groups -OCH3 is 2. The molecular formula is C31H44O6. The van der Waals surface area contributed by atoms with E-state index in [-0.39, 0.29) is 12.2 Å². The van der Waals surface area contributed by atoms with Crippen molar-refractivity contribution in [3.63, 3.8) is 0 Å². The largest absolute Gasteiger partial charge is 0.497 e. The van der Waals surface area contributed by atoms with Crippen molar-refractivity contribution in [3.8, 4) is 11.5 Å². The lowest BCUT2D eigenvalue weighted by atomic mass is 9.83. The third-order valence-electron chi connectivity index (χ3n) is 7.91. The van der Waals surface area contributed by atoms with Gasteiger partial charge < -0.3 is 28.4 Å². The molecule has 1 spiro atoms. The third-order valence-corrected chi connectivity index (χ3v) is 7.91. The fourth-order valence-electron chi connectivity index (χ4n) is 5.35. The van der Waals surface area contributed by atoms with Crippen LogP contribution in [0, 0.1) is 11.8 Å². The summed E-state index contributed by atoms with van der Waals surface area (Å²) in [5.41, 5.74) is 2.30. The van der Waals surface area contributed by atoms with Crippen LogP contribution in [-0.2, 0) is 32.2 Å². The minimum absolute atomic E-state index is 0.157. The molecule has 37 heavy (non-hydrogen) atoms. The Balaban J connectivity index is 1.21. The molecule has 2 fully saturated rings. The van der Waals surface area contributed by atoms with E-state index in [9.17, 15) is 0 Å². The topological polar surface area (TPSA) is 55.4 Å². The molecule has 2 aliphatic rings. The maximum atomic E-state index is 6.71. The predicted octanol–water partition coefficient (Wildman–Crippen LogP) is 6.54. The van der Waals surface area contributed by atoms with E-state index in [1.165, 1.54) is 0 Å². The SMILES string of the molecule is COc1ccc(COCC[C@@H]2OC3(CC[C@H]2C)CC[C@@H](C)[C@H](CCOCc2ccc(OC)cc2)O3)cc1. The Bertz CT molecular complexity index is 850. The van der Waals surface area contributed by atoms with E-state index in [0.717, 1.165) is 61.2 Å². The molecule has 204 valence electrons. The van der Waals surface area contributed by atoms with Crippen molar-refractivity contribution in [1.29, 1.82) is 0 Å². The van der Waals surface area contributed by atoms with Crippen molar-refractivity contribution in [2.45, 2.75) is 83.6 Å². The minimum Gasteiger partial charge on any atom is -0.497 e. The first-order valence-electron chi connectivity index (χ1n) is 13.8. The maximum Gasteiger partial charge on any atom is 0.169 e. The third kappa shape index (κ3) is 7.93. The number of benzene rings is 2. The molecule has 4 atom stereocenters. The van der Waals surface area contributed by atoms with Gasteiger partial charge in [0.05, 0.1) is 39.6 Å². The van der Waals surface area contributed by atoms with Crippen LogP contribution in [0.4, 0.5) is 0 Å². The van der Waals surface area contributed by atoms with Gasteiger partial charge in [-0.25, -0.2) is 0 Å². The first kappa shape index (κ1) is 27.9. The molecule has 0 amide bonds. The Morgan fingerprint density at radius 2 is 1.08 bits per heavy atom. The first-order chi connectivity index (χ1) is 18.0. The Hall–Kier alpha value is -2.12. The van der Waals surface area contributed by atoms with Crippen LogP contribution in [0.15, 0.2) is 48.5 Å². The van der Waals surface area contributed by atoms with Crippen LogP contribution in [0.5, 0.6) is 11.5 Å². The van der Waals surface area contributed by atoms with E-state index in [1.807, 2.05) is 48.5 Å². The van der Waals surface area contributed by atoms with Gasteiger partial charge in [-0.2, -0.15) is 0 Å². The maximum absolute atomic E-state index is 6.71. The highest BCUT2D eigenvalue weighted by atomic mass is 16.7. The lowest BCUT2D eigenvalue weighted by Gasteiger charge is -2.49. The fourth-order valence-corrected chi connectivity index (χ4v) is 5.35. The molecule has 0 aromatic heterocycles. The molecule has 6 nitrogen and oxygen atoms in total. The van der Waals surface area contributed by atoms with Crippen LogP contribution in [0.3, 0.4) is 0 Å². The summed E-state index contributed by atoms with van der Waals surface area (Å²) in [4.78, 5) is 0. The van der Waals surface area contributed by atoms with E-state index in [4.69, 9.17) is 28.4 Å². The van der Waals surface area contributed by atoms with Crippen molar-refractivity contribution in [2.75, 3.05) is 27.4 Å². The van der Waals surface area contributed by atoms with E-state index in [0.29, 0.717) is 38.3 Å². The second-order valence-electron chi connectivity index (χ2n) is 10.6. The van der Waals surface area contributed by atoms with Crippen molar-refractivity contribution < 1.29 is 28.4 Å². The second-order valence-corrected chi connectivity index (χ2v) is 10.6. The second kappa shape index (κ2) is 13.6. The zero-order valence-corrected chi connectivity index (χ0v) is 22.9. The van der Waals surface area contributed by atoms with Gasteiger partial charge in [0.2, 0.25) is 0 Å². The van der Waals surface area contributed by atoms with Gasteiger partial charge in [0.1, 0.15) is 11.5 Å². The average Bonchev–Trinajstić information content (AvgIpc) is 2.93. The Morgan fingerprint density at radius 1 is 0.676 bits per heavy atom. The van der Waals surface area contributed by atoms with Crippen LogP contribution < -0.4 is 9.47 Å². The normalized spacial score (nSPS) is 27.8. The highest BCUT2D eigenvalue weighted by molar-refractivity contribution is 5.27. The lowest BCUT2D eigenvalue weighted by molar-refractivity contribution is -0.333. The quantitative estimate of drug-likeness (QED) is 0.301. The van der Waals surface area contributed by atoms with Gasteiger partial charge in [0, 0.05) is 26.1 Å². The average molecular weight is 513 g/mol. The Morgan fingerprint density at radius 3 is 1.46 bits per heavy atom. The molecule has 2 heterocycles. The van der Waals surface area contributed by atoms with Crippen molar-refractivity contribution in [2.24, 2.45) is 11.8 Å². The van der Waals surface area contributed by atoms with Crippen molar-refractivity contribution in [3.05, 3.63) is 59.7 Å². The molecule has 0 aliphatic carbocycles. The van der Waals surface area contributed by atoms with Gasteiger partial charge in [0.15, 0.2) is 5.79 Å². The molecule has 2 aliphatic heterocycles. The van der Waals surface area contributed by atoms with Gasteiger partial charge in [-0.15, -0.1) is 0 Å². The highest BCUT2D eigenvalue weighted by Crippen LogP contribution is 2.44. The molecule has 0 radical (unpaired) electrons. The zero-order chi connectivity index (χ0) is 26.1. The van der Waals surface area contributed by atoms with Gasteiger partial charge in [-0.3, -0.25) is 0 Å². The van der Waals surface area contributed by atoms with Gasteiger partial charge in [-0.05, 0) is 72.9 Å². The van der Waals surface area contributed by atoms with Crippen LogP contribution in [0.25, 0.3) is 0 Å². The van der Waals surface area contributed by atoms with Crippen LogP contribution in [-0.4, -0.2) is 45.4 Å². The predicted molar refractivity (Wildman–Crippen MR) is 144 cm³/mol. The van der Waals surface area contributed by atoms with Gasteiger partial charge in [0.25, 0.3) is 0 Å². The fraction of sp³-hybridized carbons (Fsp3) is 0.613. The monoisotopic (exact) mass is 512 g/mol. The van der Waals surface area contributed by atoms with E-state index in [1.54, 1.807) is 14.2 Å². The first-order valence-corrected chi connectivity index (χ1v) is 13.8. The smallest absolute Gasteiger partial charge is 0.169 e. The Labute approximate surface area is 222 Å². The van der Waals surface area contributed by atoms with E-state index < -0.39 is 5.79 Å². The molecular weight excluding hydrogens is 468 g/mol. The van der Waals surface area contributed by atoms with Gasteiger partial charge >= 0.3 is 0 Å². The van der Waals surface area contributed by atoms with Crippen LogP contribution >= 0.6 is 0 Å². The summed E-state index contributed by atoms with van der Waals surface area (Å²) in [7, 11) is 3.36. The molecule has 0 bridgehead atoms. The summed E-state index contributed by atoms with van der Waals surface area (Å²) in [6.07, 6.45) is 6.26. The molecule has 0 unspecified atom stereocenters. The molecule has 4 rings (SSSR count). The van der Waals surface area contributed by atoms with E-state index in [2.05, 4.69) is 13.8 Å². The molecule has 2 aromatic rings. The number of hydrogen-bond donors (Lipinski definition) is 0. The molecule has 2 aromatic carbocycles. The minimum atomic E-state index is -0.458. The number of hydrogen-bond acceptors (Lipinski definition) is 6. The Kier molecular flexibility index (Phi) is 10.3. The summed E-state index contributed by atoms with van der Waals surface area (Å²) in [5, 5.41) is 0. The van der Waals surface area contributed by atoms with Crippen LogP contribution in [0.2, 0.25) is 0 Å². The van der Waals surface area contributed by atoms with Gasteiger partial charge in [-0.1, -0.05) is 38.1 Å². The van der Waals surface area contributed by atoms with E-state index >= 15 is 0 Å². The van der Waals surface area contributed by atoms with Crippen molar-refractivity contribution >= 4 is 0 Å². The molecule has 6 heteroatoms. The summed E-state index contributed by atoms with van der Waals surface area (Å²) >= 11 is 0. The standard InChI is InChI=1S/C31H44O6/c1-23-13-17-31(36-29(23)15-19-34-21-25-5-9-27(32-3)10-6-25)18-14-24(2)30(37-31)16-20-35-22-26-7-11-28(33-4)12-8-26/h5-12,23-24,29-30H,13-22H2,1-4H3/t23-,24-,29+,30+,31?/m1/s1. The van der Waals surface area contributed by atoms with Crippen LogP contribution in [0.1, 0.15) is 63.5 Å². The summed E-state index contributed by atoms with van der Waals surface area (Å²) < 4.78 is 35.9. The lowest BCUT2D eigenvalue weighted by Crippen LogP contribution is -2.52. The number of rotatable bonds is 12. The zero-order valence-electron chi connectivity index (χ0n) is 22.9. The molecule has 0 saturated carbocycles. The highest BCUT2D eigenvalue weighted by Gasteiger charge is 2.46. The summed E-state index contributed by atoms with van der Waals surface area (Å²) in [6, 6.07) is 16.1. The summed E-state index contributed by atoms with van der Waals surface area (Å²) in [6.45, 7) is 7.13. The van der Waals surface area contributed by atoms with Crippen molar-refractivity contribution in [1.82, 2.24) is 0 Å². The molecule has 2 saturated heterocycles.